The fraction of sp³-hybridized carbons (Fsp3) is 0.900. The zero-order chi connectivity index (χ0) is 19.3. The van der Waals surface area contributed by atoms with Gasteiger partial charge in [-0.1, -0.05) is 38.5 Å². The third kappa shape index (κ3) is 6.47. The van der Waals surface area contributed by atoms with Crippen LogP contribution in [0.25, 0.3) is 0 Å². The molecule has 2 aliphatic carbocycles. The van der Waals surface area contributed by atoms with E-state index in [4.69, 9.17) is 0 Å². The van der Waals surface area contributed by atoms with E-state index >= 15 is 0 Å². The smallest absolute Gasteiger partial charge is 0.220 e. The lowest BCUT2D eigenvalue weighted by Crippen LogP contribution is -2.39. The van der Waals surface area contributed by atoms with Gasteiger partial charge in [0.25, 0.3) is 0 Å². The summed E-state index contributed by atoms with van der Waals surface area (Å²) in [4.78, 5) is 24.8. The van der Waals surface area contributed by atoms with Gasteiger partial charge in [-0.25, -0.2) is 8.42 Å². The van der Waals surface area contributed by atoms with E-state index in [9.17, 15) is 18.0 Å². The SMILES string of the molecule is O=C(CC1CS(=O)(=O)CC1CC(=O)NC1CCCCC1)NC1CCCCC1. The van der Waals surface area contributed by atoms with Gasteiger partial charge in [0, 0.05) is 24.9 Å². The molecule has 0 spiro atoms. The summed E-state index contributed by atoms with van der Waals surface area (Å²) in [6.45, 7) is 0. The quantitative estimate of drug-likeness (QED) is 0.718. The monoisotopic (exact) mass is 398 g/mol. The molecule has 2 N–H and O–H groups in total. The van der Waals surface area contributed by atoms with E-state index in [1.54, 1.807) is 0 Å². The topological polar surface area (TPSA) is 92.3 Å². The first-order valence-corrected chi connectivity index (χ1v) is 12.5. The molecule has 6 nitrogen and oxygen atoms in total. The molecular weight excluding hydrogens is 364 g/mol. The van der Waals surface area contributed by atoms with Gasteiger partial charge >= 0.3 is 0 Å². The van der Waals surface area contributed by atoms with Crippen molar-refractivity contribution in [3.63, 3.8) is 0 Å². The second kappa shape index (κ2) is 9.39. The lowest BCUT2D eigenvalue weighted by atomic mass is 9.88. The largest absolute Gasteiger partial charge is 0.353 e. The van der Waals surface area contributed by atoms with Gasteiger partial charge in [0.15, 0.2) is 9.84 Å². The highest BCUT2D eigenvalue weighted by Gasteiger charge is 2.40. The number of amides is 2. The Morgan fingerprint density at radius 2 is 1.04 bits per heavy atom. The summed E-state index contributed by atoms with van der Waals surface area (Å²) in [6, 6.07) is 0.467. The zero-order valence-electron chi connectivity index (χ0n) is 16.3. The summed E-state index contributed by atoms with van der Waals surface area (Å²) >= 11 is 0. The second-order valence-corrected chi connectivity index (χ2v) is 11.0. The highest BCUT2D eigenvalue weighted by molar-refractivity contribution is 7.91. The van der Waals surface area contributed by atoms with Gasteiger partial charge in [0.1, 0.15) is 0 Å². The second-order valence-electron chi connectivity index (χ2n) is 8.81. The van der Waals surface area contributed by atoms with E-state index in [2.05, 4.69) is 10.6 Å². The van der Waals surface area contributed by atoms with Gasteiger partial charge in [0.2, 0.25) is 11.8 Å². The predicted molar refractivity (Wildman–Crippen MR) is 105 cm³/mol. The molecule has 7 heteroatoms. The normalized spacial score (nSPS) is 29.3. The highest BCUT2D eigenvalue weighted by Crippen LogP contribution is 2.31. The van der Waals surface area contributed by atoms with Crippen molar-refractivity contribution in [2.75, 3.05) is 11.5 Å². The summed E-state index contributed by atoms with van der Waals surface area (Å²) in [7, 11) is -3.16. The summed E-state index contributed by atoms with van der Waals surface area (Å²) in [5.74, 6) is -0.520. The number of rotatable bonds is 6. The molecule has 0 aromatic carbocycles. The van der Waals surface area contributed by atoms with E-state index in [1.165, 1.54) is 12.8 Å². The molecule has 3 aliphatic rings. The number of sulfone groups is 1. The molecule has 0 radical (unpaired) electrons. The van der Waals surface area contributed by atoms with Gasteiger partial charge in [0.05, 0.1) is 11.5 Å². The Bertz CT molecular complexity index is 574. The average molecular weight is 399 g/mol. The van der Waals surface area contributed by atoms with Crippen molar-refractivity contribution < 1.29 is 18.0 Å². The Labute approximate surface area is 163 Å². The maximum atomic E-state index is 12.4. The molecular formula is C20H34N2O4S. The Morgan fingerprint density at radius 1 is 0.667 bits per heavy atom. The summed E-state index contributed by atoms with van der Waals surface area (Å²) in [5, 5.41) is 6.16. The van der Waals surface area contributed by atoms with Crippen LogP contribution in [0.15, 0.2) is 0 Å². The van der Waals surface area contributed by atoms with E-state index in [0.717, 1.165) is 51.4 Å². The van der Waals surface area contributed by atoms with Crippen molar-refractivity contribution in [2.24, 2.45) is 11.8 Å². The van der Waals surface area contributed by atoms with Crippen molar-refractivity contribution in [2.45, 2.75) is 89.1 Å². The summed E-state index contributed by atoms with van der Waals surface area (Å²) in [5.41, 5.74) is 0. The molecule has 0 aromatic rings. The standard InChI is InChI=1S/C20H34N2O4S/c23-19(21-17-7-3-1-4-8-17)11-15-13-27(25,26)14-16(15)12-20(24)22-18-9-5-2-6-10-18/h15-18H,1-14H2,(H,21,23)(H,22,24). The van der Waals surface area contributed by atoms with Gasteiger partial charge in [-0.05, 0) is 37.5 Å². The average Bonchev–Trinajstić information content (AvgIpc) is 2.89. The van der Waals surface area contributed by atoms with Crippen LogP contribution in [0.1, 0.15) is 77.0 Å². The number of carbonyl (C=O) groups is 2. The number of hydrogen-bond donors (Lipinski definition) is 2. The van der Waals surface area contributed by atoms with Crippen LogP contribution in [-0.2, 0) is 19.4 Å². The van der Waals surface area contributed by atoms with Gasteiger partial charge in [-0.3, -0.25) is 9.59 Å². The minimum Gasteiger partial charge on any atom is -0.353 e. The van der Waals surface area contributed by atoms with Crippen molar-refractivity contribution >= 4 is 21.7 Å². The van der Waals surface area contributed by atoms with E-state index in [-0.39, 0.29) is 60.1 Å². The first-order chi connectivity index (χ1) is 12.9. The molecule has 3 fully saturated rings. The zero-order valence-corrected chi connectivity index (χ0v) is 17.1. The molecule has 27 heavy (non-hydrogen) atoms. The minimum absolute atomic E-state index is 0.0342. The van der Waals surface area contributed by atoms with Crippen LogP contribution in [0.4, 0.5) is 0 Å². The van der Waals surface area contributed by atoms with Crippen LogP contribution in [-0.4, -0.2) is 43.8 Å². The Hall–Kier alpha value is -1.11. The van der Waals surface area contributed by atoms with Crippen LogP contribution in [0.5, 0.6) is 0 Å². The number of hydrogen-bond acceptors (Lipinski definition) is 4. The fourth-order valence-electron chi connectivity index (χ4n) is 4.99. The number of nitrogens with one attached hydrogen (secondary N) is 2. The Kier molecular flexibility index (Phi) is 7.17. The molecule has 3 rings (SSSR count). The molecule has 0 aromatic heterocycles. The van der Waals surface area contributed by atoms with Crippen molar-refractivity contribution in [1.29, 1.82) is 0 Å². The van der Waals surface area contributed by atoms with Crippen LogP contribution >= 0.6 is 0 Å². The van der Waals surface area contributed by atoms with Gasteiger partial charge in [-0.15, -0.1) is 0 Å². The van der Waals surface area contributed by atoms with E-state index < -0.39 is 9.84 Å². The molecule has 1 aliphatic heterocycles. The lowest BCUT2D eigenvalue weighted by molar-refractivity contribution is -0.125. The van der Waals surface area contributed by atoms with Crippen LogP contribution < -0.4 is 10.6 Å². The molecule has 1 heterocycles. The fourth-order valence-corrected chi connectivity index (χ4v) is 7.21. The Balaban J connectivity index is 1.50. The van der Waals surface area contributed by atoms with Crippen LogP contribution in [0, 0.1) is 11.8 Å². The van der Waals surface area contributed by atoms with Gasteiger partial charge in [-0.2, -0.15) is 0 Å². The molecule has 1 saturated heterocycles. The molecule has 2 unspecified atom stereocenters. The summed E-state index contributed by atoms with van der Waals surface area (Å²) in [6.07, 6.45) is 11.5. The molecule has 2 saturated carbocycles. The van der Waals surface area contributed by atoms with Crippen molar-refractivity contribution in [3.8, 4) is 0 Å². The molecule has 2 atom stereocenters. The van der Waals surface area contributed by atoms with Crippen LogP contribution in [0.2, 0.25) is 0 Å². The third-order valence-electron chi connectivity index (χ3n) is 6.44. The first kappa shape index (κ1) is 20.6. The van der Waals surface area contributed by atoms with E-state index in [0.29, 0.717) is 0 Å². The third-order valence-corrected chi connectivity index (χ3v) is 8.31. The highest BCUT2D eigenvalue weighted by atomic mass is 32.2. The minimum atomic E-state index is -3.16. The Morgan fingerprint density at radius 3 is 1.41 bits per heavy atom. The maximum absolute atomic E-state index is 12.4. The molecule has 2 amide bonds. The van der Waals surface area contributed by atoms with Gasteiger partial charge < -0.3 is 10.6 Å². The van der Waals surface area contributed by atoms with Crippen molar-refractivity contribution in [3.05, 3.63) is 0 Å². The van der Waals surface area contributed by atoms with Crippen molar-refractivity contribution in [1.82, 2.24) is 10.6 Å². The maximum Gasteiger partial charge on any atom is 0.220 e. The van der Waals surface area contributed by atoms with Crippen LogP contribution in [0.3, 0.4) is 0 Å². The first-order valence-electron chi connectivity index (χ1n) is 10.7. The summed E-state index contributed by atoms with van der Waals surface area (Å²) < 4.78 is 24.3. The van der Waals surface area contributed by atoms with E-state index in [1.807, 2.05) is 0 Å². The lowest BCUT2D eigenvalue weighted by Gasteiger charge is -2.25. The molecule has 0 bridgehead atoms. The molecule has 154 valence electrons. The predicted octanol–water partition coefficient (Wildman–Crippen LogP) is 2.33. The number of carbonyl (C=O) groups excluding carboxylic acids is 2.